The normalized spacial score (nSPS) is 11.0. The van der Waals surface area contributed by atoms with E-state index in [0.29, 0.717) is 12.4 Å². The van der Waals surface area contributed by atoms with Gasteiger partial charge in [0.05, 0.1) is 0 Å². The summed E-state index contributed by atoms with van der Waals surface area (Å²) in [7, 11) is 0. The van der Waals surface area contributed by atoms with E-state index in [-0.39, 0.29) is 5.02 Å². The van der Waals surface area contributed by atoms with Gasteiger partial charge in [0, 0.05) is 18.6 Å². The number of nitrogens with zero attached hydrogens (tertiary/aromatic N) is 1. The average molecular weight is 235 g/mol. The van der Waals surface area contributed by atoms with Gasteiger partial charge in [0.1, 0.15) is 5.02 Å². The maximum atomic E-state index is 11.2. The molecule has 0 aliphatic rings. The van der Waals surface area contributed by atoms with Gasteiger partial charge in [0.15, 0.2) is 0 Å². The van der Waals surface area contributed by atoms with Crippen LogP contribution in [0, 0.1) is 0 Å². The highest BCUT2D eigenvalue weighted by Gasteiger charge is 1.99. The highest BCUT2D eigenvalue weighted by Crippen LogP contribution is 1.95. The van der Waals surface area contributed by atoms with E-state index in [1.807, 2.05) is 0 Å². The number of allylic oxidation sites excluding steroid dienone is 2. The summed E-state index contributed by atoms with van der Waals surface area (Å²) in [5, 5.41) is -0.0103. The largest absolute Gasteiger partial charge is 0.328 e. The molecule has 1 N–H and O–H groups in total. The van der Waals surface area contributed by atoms with E-state index in [2.05, 4.69) is 4.98 Å². The first-order valence-corrected chi connectivity index (χ1v) is 4.76. The molecule has 0 bridgehead atoms. The fourth-order valence-corrected chi connectivity index (χ4v) is 1.16. The van der Waals surface area contributed by atoms with Crippen molar-refractivity contribution in [3.8, 4) is 0 Å². The molecule has 0 fully saturated rings. The number of H-pyrrole nitrogens is 1. The maximum Gasteiger partial charge on any atom is 0.328 e. The van der Waals surface area contributed by atoms with Gasteiger partial charge in [0.25, 0.3) is 5.56 Å². The monoisotopic (exact) mass is 234 g/mol. The van der Waals surface area contributed by atoms with Crippen molar-refractivity contribution in [3.63, 3.8) is 0 Å². The smallest absolute Gasteiger partial charge is 0.295 e. The molecule has 14 heavy (non-hydrogen) atoms. The second kappa shape index (κ2) is 5.02. The van der Waals surface area contributed by atoms with Crippen LogP contribution in [0.4, 0.5) is 0 Å². The Balaban J connectivity index is 2.99. The topological polar surface area (TPSA) is 54.9 Å². The highest BCUT2D eigenvalue weighted by atomic mass is 35.5. The zero-order chi connectivity index (χ0) is 10.6. The molecule has 0 saturated heterocycles. The lowest BCUT2D eigenvalue weighted by molar-refractivity contribution is 0.736. The molecule has 1 heterocycles. The second-order valence-electron chi connectivity index (χ2n) is 2.51. The summed E-state index contributed by atoms with van der Waals surface area (Å²) in [6, 6.07) is 0. The number of hydrogen-bond donors (Lipinski definition) is 1. The molecule has 6 heteroatoms. The minimum atomic E-state index is -0.575. The van der Waals surface area contributed by atoms with Gasteiger partial charge in [-0.2, -0.15) is 0 Å². The molecule has 0 spiro atoms. The first-order valence-electron chi connectivity index (χ1n) is 3.85. The summed E-state index contributed by atoms with van der Waals surface area (Å²) in [5.74, 6) is 0.381. The molecule has 0 atom stereocenters. The summed E-state index contributed by atoms with van der Waals surface area (Å²) in [6.45, 7) is 0.335. The molecule has 0 saturated carbocycles. The van der Waals surface area contributed by atoms with Gasteiger partial charge in [0.2, 0.25) is 0 Å². The van der Waals surface area contributed by atoms with Crippen molar-refractivity contribution >= 4 is 23.2 Å². The molecule has 0 unspecified atom stereocenters. The summed E-state index contributed by atoms with van der Waals surface area (Å²) >= 11 is 11.0. The molecule has 1 aromatic rings. The summed E-state index contributed by atoms with van der Waals surface area (Å²) in [6.07, 6.45) is 4.71. The Morgan fingerprint density at radius 3 is 2.79 bits per heavy atom. The van der Waals surface area contributed by atoms with E-state index in [4.69, 9.17) is 23.2 Å². The lowest BCUT2D eigenvalue weighted by Crippen LogP contribution is -2.29. The van der Waals surface area contributed by atoms with Crippen LogP contribution in [0.25, 0.3) is 0 Å². The molecule has 1 aromatic heterocycles. The van der Waals surface area contributed by atoms with Gasteiger partial charge >= 0.3 is 5.69 Å². The number of aromatic nitrogens is 2. The lowest BCUT2D eigenvalue weighted by Gasteiger charge is -2.00. The van der Waals surface area contributed by atoms with Crippen molar-refractivity contribution in [2.45, 2.75) is 6.54 Å². The van der Waals surface area contributed by atoms with Crippen molar-refractivity contribution in [2.75, 3.05) is 5.88 Å². The molecule has 0 amide bonds. The molecule has 76 valence electrons. The second-order valence-corrected chi connectivity index (χ2v) is 3.23. The van der Waals surface area contributed by atoms with Crippen LogP contribution < -0.4 is 11.2 Å². The average Bonchev–Trinajstić information content (AvgIpc) is 2.14. The Labute approximate surface area is 89.8 Å². The minimum absolute atomic E-state index is 0.0103. The predicted molar refractivity (Wildman–Crippen MR) is 56.2 cm³/mol. The fraction of sp³-hybridized carbons (Fsp3) is 0.250. The van der Waals surface area contributed by atoms with Crippen molar-refractivity contribution in [1.82, 2.24) is 9.55 Å². The van der Waals surface area contributed by atoms with E-state index < -0.39 is 11.2 Å². The third-order valence-corrected chi connectivity index (χ3v) is 1.97. The van der Waals surface area contributed by atoms with Crippen LogP contribution in [-0.2, 0) is 6.54 Å². The van der Waals surface area contributed by atoms with Gasteiger partial charge in [-0.05, 0) is 0 Å². The number of halogens is 2. The summed E-state index contributed by atoms with van der Waals surface area (Å²) in [5.41, 5.74) is -1.06. The van der Waals surface area contributed by atoms with Crippen LogP contribution in [0.3, 0.4) is 0 Å². The van der Waals surface area contributed by atoms with E-state index in [0.717, 1.165) is 0 Å². The summed E-state index contributed by atoms with van der Waals surface area (Å²) < 4.78 is 1.28. The Morgan fingerprint density at radius 2 is 2.14 bits per heavy atom. The molecular weight excluding hydrogens is 227 g/mol. The van der Waals surface area contributed by atoms with E-state index in [1.54, 1.807) is 12.2 Å². The number of alkyl halides is 1. The lowest BCUT2D eigenvalue weighted by atomic mass is 10.5. The SMILES string of the molecule is O=c1[nH]c(=O)n(CC=CCCl)cc1Cl. The van der Waals surface area contributed by atoms with Gasteiger partial charge in [-0.15, -0.1) is 11.6 Å². The van der Waals surface area contributed by atoms with Gasteiger partial charge in [-0.25, -0.2) is 4.79 Å². The van der Waals surface area contributed by atoms with Crippen LogP contribution in [-0.4, -0.2) is 15.4 Å². The predicted octanol–water partition coefficient (Wildman–Crippen LogP) is 0.985. The van der Waals surface area contributed by atoms with Gasteiger partial charge in [-0.1, -0.05) is 23.8 Å². The first kappa shape index (κ1) is 11.1. The quantitative estimate of drug-likeness (QED) is 0.627. The Hall–Kier alpha value is -1.000. The van der Waals surface area contributed by atoms with Gasteiger partial charge < -0.3 is 0 Å². The Morgan fingerprint density at radius 1 is 1.43 bits per heavy atom. The third-order valence-electron chi connectivity index (χ3n) is 1.53. The number of rotatable bonds is 3. The van der Waals surface area contributed by atoms with Crippen LogP contribution in [0.15, 0.2) is 27.9 Å². The molecule has 4 nitrogen and oxygen atoms in total. The highest BCUT2D eigenvalue weighted by molar-refractivity contribution is 6.30. The number of hydrogen-bond acceptors (Lipinski definition) is 2. The fourth-order valence-electron chi connectivity index (χ4n) is 0.869. The van der Waals surface area contributed by atoms with Crippen molar-refractivity contribution in [1.29, 1.82) is 0 Å². The third kappa shape index (κ3) is 2.75. The van der Waals surface area contributed by atoms with Crippen LogP contribution in [0.1, 0.15) is 0 Å². The molecule has 0 radical (unpaired) electrons. The number of aromatic amines is 1. The van der Waals surface area contributed by atoms with Crippen LogP contribution in [0.2, 0.25) is 5.02 Å². The molecule has 0 aliphatic carbocycles. The minimum Gasteiger partial charge on any atom is -0.295 e. The maximum absolute atomic E-state index is 11.2. The molecule has 0 aliphatic heterocycles. The van der Waals surface area contributed by atoms with Crippen LogP contribution in [0.5, 0.6) is 0 Å². The van der Waals surface area contributed by atoms with E-state index in [9.17, 15) is 9.59 Å². The summed E-state index contributed by atoms with van der Waals surface area (Å²) in [4.78, 5) is 24.1. The zero-order valence-corrected chi connectivity index (χ0v) is 8.68. The standard InChI is InChI=1S/C8H8Cl2N2O2/c9-3-1-2-4-12-5-6(10)7(13)11-8(12)14/h1-2,5H,3-4H2,(H,11,13,14). The Kier molecular flexibility index (Phi) is 3.98. The Bertz CT molecular complexity index is 447. The van der Waals surface area contributed by atoms with Crippen molar-refractivity contribution < 1.29 is 0 Å². The molecular formula is C8H8Cl2N2O2. The number of nitrogens with one attached hydrogen (secondary N) is 1. The van der Waals surface area contributed by atoms with Crippen molar-refractivity contribution in [2.24, 2.45) is 0 Å². The van der Waals surface area contributed by atoms with Crippen molar-refractivity contribution in [3.05, 3.63) is 44.2 Å². The first-order chi connectivity index (χ1) is 6.65. The molecule has 1 rings (SSSR count). The van der Waals surface area contributed by atoms with Gasteiger partial charge in [-0.3, -0.25) is 14.3 Å². The van der Waals surface area contributed by atoms with E-state index >= 15 is 0 Å². The zero-order valence-electron chi connectivity index (χ0n) is 7.17. The van der Waals surface area contributed by atoms with E-state index in [1.165, 1.54) is 10.8 Å². The molecule has 0 aromatic carbocycles. The van der Waals surface area contributed by atoms with Crippen LogP contribution >= 0.6 is 23.2 Å².